The Labute approximate surface area is 123 Å². The molecule has 0 aromatic heterocycles. The number of urea groups is 1. The fraction of sp³-hybridized carbons (Fsp3) is 0.769. The number of carbonyl (C=O) groups excluding carboxylic acids is 3. The second kappa shape index (κ2) is 7.82. The van der Waals surface area contributed by atoms with Gasteiger partial charge in [-0.2, -0.15) is 0 Å². The van der Waals surface area contributed by atoms with Gasteiger partial charge in [-0.25, -0.2) is 9.59 Å². The Morgan fingerprint density at radius 3 is 2.67 bits per heavy atom. The lowest BCUT2D eigenvalue weighted by Crippen LogP contribution is -2.57. The number of ether oxygens (including phenoxy) is 2. The topological polar surface area (TPSA) is 111 Å². The summed E-state index contributed by atoms with van der Waals surface area (Å²) in [7, 11) is 1.27. The Kier molecular flexibility index (Phi) is 6.41. The molecule has 0 spiro atoms. The summed E-state index contributed by atoms with van der Waals surface area (Å²) in [5.74, 6) is -0.847. The van der Waals surface area contributed by atoms with Gasteiger partial charge in [0, 0.05) is 6.54 Å². The lowest BCUT2D eigenvalue weighted by Gasteiger charge is -2.35. The molecule has 0 aliphatic carbocycles. The number of hydrogen-bond donors (Lipinski definition) is 2. The number of nitrogens with one attached hydrogen (secondary N) is 1. The average molecular weight is 301 g/mol. The van der Waals surface area contributed by atoms with Crippen LogP contribution < -0.4 is 11.1 Å². The first-order valence-corrected chi connectivity index (χ1v) is 6.94. The lowest BCUT2D eigenvalue weighted by atomic mass is 9.97. The van der Waals surface area contributed by atoms with Gasteiger partial charge in [-0.05, 0) is 5.92 Å². The third-order valence-corrected chi connectivity index (χ3v) is 3.62. The maximum atomic E-state index is 12.5. The van der Waals surface area contributed by atoms with E-state index in [9.17, 15) is 14.4 Å². The molecule has 3 atom stereocenters. The van der Waals surface area contributed by atoms with Gasteiger partial charge in [-0.15, -0.1) is 0 Å². The summed E-state index contributed by atoms with van der Waals surface area (Å²) in [5, 5.41) is 2.48. The largest absolute Gasteiger partial charge is 0.467 e. The monoisotopic (exact) mass is 301 g/mol. The molecule has 8 nitrogen and oxygen atoms in total. The summed E-state index contributed by atoms with van der Waals surface area (Å²) < 4.78 is 9.90. The summed E-state index contributed by atoms with van der Waals surface area (Å²) in [6.07, 6.45) is -0.0829. The van der Waals surface area contributed by atoms with Crippen LogP contribution >= 0.6 is 0 Å². The minimum absolute atomic E-state index is 0.0654. The maximum absolute atomic E-state index is 12.5. The number of primary amides is 1. The van der Waals surface area contributed by atoms with Crippen molar-refractivity contribution in [2.45, 2.75) is 32.4 Å². The number of amides is 3. The van der Waals surface area contributed by atoms with Gasteiger partial charge in [0.25, 0.3) is 0 Å². The van der Waals surface area contributed by atoms with Crippen LogP contribution in [0.5, 0.6) is 0 Å². The van der Waals surface area contributed by atoms with Gasteiger partial charge in [-0.1, -0.05) is 20.3 Å². The number of nitrogens with two attached hydrogens (primary N) is 1. The highest BCUT2D eigenvalue weighted by atomic mass is 16.6. The van der Waals surface area contributed by atoms with E-state index in [-0.39, 0.29) is 25.0 Å². The number of esters is 1. The Balaban J connectivity index is 2.77. The molecule has 0 aromatic rings. The Morgan fingerprint density at radius 1 is 1.48 bits per heavy atom. The van der Waals surface area contributed by atoms with Gasteiger partial charge < -0.3 is 25.4 Å². The van der Waals surface area contributed by atoms with E-state index in [0.717, 1.165) is 0 Å². The quantitative estimate of drug-likeness (QED) is 0.663. The van der Waals surface area contributed by atoms with Crippen molar-refractivity contribution >= 4 is 17.9 Å². The maximum Gasteiger partial charge on any atom is 0.336 e. The predicted molar refractivity (Wildman–Crippen MR) is 74.3 cm³/mol. The molecule has 1 aliphatic heterocycles. The molecule has 21 heavy (non-hydrogen) atoms. The van der Waals surface area contributed by atoms with Crippen LogP contribution in [-0.4, -0.2) is 61.8 Å². The molecular formula is C13H23N3O5. The van der Waals surface area contributed by atoms with Crippen molar-refractivity contribution in [2.24, 2.45) is 11.7 Å². The molecule has 3 N–H and O–H groups in total. The first kappa shape index (κ1) is 17.2. The van der Waals surface area contributed by atoms with Gasteiger partial charge in [0.2, 0.25) is 5.91 Å². The van der Waals surface area contributed by atoms with Gasteiger partial charge in [0.05, 0.1) is 20.3 Å². The fourth-order valence-electron chi connectivity index (χ4n) is 2.16. The molecule has 0 bridgehead atoms. The van der Waals surface area contributed by atoms with Crippen LogP contribution in [0.1, 0.15) is 20.3 Å². The summed E-state index contributed by atoms with van der Waals surface area (Å²) in [6.45, 7) is 4.49. The van der Waals surface area contributed by atoms with Crippen LogP contribution in [-0.2, 0) is 19.1 Å². The minimum Gasteiger partial charge on any atom is -0.467 e. The van der Waals surface area contributed by atoms with Crippen LogP contribution in [0.25, 0.3) is 0 Å². The third-order valence-electron chi connectivity index (χ3n) is 3.62. The molecule has 0 aromatic carbocycles. The van der Waals surface area contributed by atoms with Crippen molar-refractivity contribution in [3.05, 3.63) is 0 Å². The van der Waals surface area contributed by atoms with Crippen LogP contribution in [0.4, 0.5) is 4.79 Å². The summed E-state index contributed by atoms with van der Waals surface area (Å²) in [5.41, 5.74) is 5.13. The van der Waals surface area contributed by atoms with Crippen molar-refractivity contribution in [2.75, 3.05) is 26.8 Å². The minimum atomic E-state index is -0.793. The summed E-state index contributed by atoms with van der Waals surface area (Å²) >= 11 is 0. The van der Waals surface area contributed by atoms with E-state index in [1.54, 1.807) is 0 Å². The first-order chi connectivity index (χ1) is 9.90. The van der Waals surface area contributed by atoms with Crippen LogP contribution in [0.3, 0.4) is 0 Å². The lowest BCUT2D eigenvalue weighted by molar-refractivity contribution is -0.163. The van der Waals surface area contributed by atoms with Crippen LogP contribution in [0, 0.1) is 5.92 Å². The van der Waals surface area contributed by atoms with E-state index < -0.39 is 24.1 Å². The molecule has 1 rings (SSSR count). The standard InChI is InChI=1S/C13H23N3O5/c1-4-8(2)10(15-13(14)19)11(17)16-5-6-21-9(7-16)12(18)20-3/h8-10H,4-7H2,1-3H3,(H3,14,15,19). The summed E-state index contributed by atoms with van der Waals surface area (Å²) in [6, 6.07) is -1.45. The van der Waals surface area contributed by atoms with Gasteiger partial charge in [0.1, 0.15) is 6.04 Å². The zero-order valence-corrected chi connectivity index (χ0v) is 12.6. The van der Waals surface area contributed by atoms with Crippen LogP contribution in [0.2, 0.25) is 0 Å². The zero-order chi connectivity index (χ0) is 16.0. The molecule has 1 heterocycles. The first-order valence-electron chi connectivity index (χ1n) is 6.94. The summed E-state index contributed by atoms with van der Waals surface area (Å²) in [4.78, 5) is 36.6. The molecule has 0 saturated carbocycles. The van der Waals surface area contributed by atoms with E-state index in [2.05, 4.69) is 10.1 Å². The highest BCUT2D eigenvalue weighted by Gasteiger charge is 2.35. The second-order valence-electron chi connectivity index (χ2n) is 5.04. The van der Waals surface area contributed by atoms with Gasteiger partial charge in [-0.3, -0.25) is 4.79 Å². The van der Waals surface area contributed by atoms with E-state index in [0.29, 0.717) is 13.0 Å². The molecule has 0 radical (unpaired) electrons. The molecule has 8 heteroatoms. The van der Waals surface area contributed by atoms with Gasteiger partial charge >= 0.3 is 12.0 Å². The Hall–Kier alpha value is -1.83. The Bertz CT molecular complexity index is 401. The molecule has 1 saturated heterocycles. The average Bonchev–Trinajstić information content (AvgIpc) is 2.50. The molecule has 120 valence electrons. The molecule has 1 aliphatic rings. The fourth-order valence-corrected chi connectivity index (χ4v) is 2.16. The Morgan fingerprint density at radius 2 is 2.14 bits per heavy atom. The van der Waals surface area contributed by atoms with Crippen molar-refractivity contribution in [1.29, 1.82) is 0 Å². The van der Waals surface area contributed by atoms with E-state index >= 15 is 0 Å². The number of nitrogens with zero attached hydrogens (tertiary/aromatic N) is 1. The molecular weight excluding hydrogens is 278 g/mol. The van der Waals surface area contributed by atoms with Crippen molar-refractivity contribution in [1.82, 2.24) is 10.2 Å². The number of rotatable bonds is 5. The zero-order valence-electron chi connectivity index (χ0n) is 12.6. The highest BCUT2D eigenvalue weighted by molar-refractivity contribution is 5.87. The SMILES string of the molecule is CCC(C)C(NC(N)=O)C(=O)N1CCOC(C(=O)OC)C1. The number of carbonyl (C=O) groups is 3. The molecule has 3 amide bonds. The van der Waals surface area contributed by atoms with Crippen molar-refractivity contribution in [3.63, 3.8) is 0 Å². The van der Waals surface area contributed by atoms with E-state index in [1.807, 2.05) is 13.8 Å². The third kappa shape index (κ3) is 4.59. The van der Waals surface area contributed by atoms with Crippen LogP contribution in [0.15, 0.2) is 0 Å². The molecule has 1 fully saturated rings. The number of morpholine rings is 1. The normalized spacial score (nSPS) is 21.3. The predicted octanol–water partition coefficient (Wildman–Crippen LogP) is -0.530. The van der Waals surface area contributed by atoms with Crippen molar-refractivity contribution in [3.8, 4) is 0 Å². The molecule has 3 unspecified atom stereocenters. The number of hydrogen-bond acceptors (Lipinski definition) is 5. The van der Waals surface area contributed by atoms with Crippen molar-refractivity contribution < 1.29 is 23.9 Å². The van der Waals surface area contributed by atoms with E-state index in [1.165, 1.54) is 12.0 Å². The van der Waals surface area contributed by atoms with E-state index in [4.69, 9.17) is 10.5 Å². The highest BCUT2D eigenvalue weighted by Crippen LogP contribution is 2.14. The van der Waals surface area contributed by atoms with Gasteiger partial charge in [0.15, 0.2) is 6.10 Å². The number of methoxy groups -OCH3 is 1. The smallest absolute Gasteiger partial charge is 0.336 e. The second-order valence-corrected chi connectivity index (χ2v) is 5.04.